The molecule has 0 fully saturated rings. The maximum Gasteiger partial charge on any atom is 0.258 e. The van der Waals surface area contributed by atoms with E-state index in [0.29, 0.717) is 16.7 Å². The van der Waals surface area contributed by atoms with Crippen LogP contribution >= 0.6 is 11.8 Å². The van der Waals surface area contributed by atoms with Crippen molar-refractivity contribution in [3.63, 3.8) is 0 Å². The van der Waals surface area contributed by atoms with E-state index in [9.17, 15) is 4.79 Å². The minimum absolute atomic E-state index is 0.239. The van der Waals surface area contributed by atoms with Crippen molar-refractivity contribution in [3.8, 4) is 0 Å². The summed E-state index contributed by atoms with van der Waals surface area (Å²) in [6, 6.07) is 3.26. The highest BCUT2D eigenvalue weighted by atomic mass is 32.2. The summed E-state index contributed by atoms with van der Waals surface area (Å²) in [5.41, 5.74) is 0.529. The Labute approximate surface area is 102 Å². The van der Waals surface area contributed by atoms with Gasteiger partial charge in [-0.05, 0) is 17.9 Å². The van der Waals surface area contributed by atoms with E-state index in [1.807, 2.05) is 6.92 Å². The Morgan fingerprint density at radius 1 is 1.47 bits per heavy atom. The molecule has 6 nitrogen and oxygen atoms in total. The average Bonchev–Trinajstić information content (AvgIpc) is 2.78. The first kappa shape index (κ1) is 11.6. The highest BCUT2D eigenvalue weighted by Gasteiger charge is 2.08. The Kier molecular flexibility index (Phi) is 3.71. The first-order chi connectivity index (χ1) is 8.29. The van der Waals surface area contributed by atoms with Gasteiger partial charge in [0.1, 0.15) is 0 Å². The van der Waals surface area contributed by atoms with Crippen molar-refractivity contribution < 1.29 is 4.79 Å². The third-order valence-electron chi connectivity index (χ3n) is 1.91. The zero-order chi connectivity index (χ0) is 12.1. The Balaban J connectivity index is 2.03. The highest BCUT2D eigenvalue weighted by Crippen LogP contribution is 2.13. The lowest BCUT2D eigenvalue weighted by molar-refractivity contribution is 0.102. The molecule has 0 atom stereocenters. The van der Waals surface area contributed by atoms with Crippen LogP contribution in [0.3, 0.4) is 0 Å². The molecule has 0 saturated carbocycles. The van der Waals surface area contributed by atoms with Gasteiger partial charge in [-0.25, -0.2) is 5.10 Å². The number of carbonyl (C=O) groups is 1. The predicted octanol–water partition coefficient (Wildman–Crippen LogP) is 1.56. The SMILES string of the molecule is CCSc1n[nH]c(NC(=O)c2ccncc2)n1. The molecule has 0 radical (unpaired) electrons. The molecule has 0 aliphatic heterocycles. The number of aromatic amines is 1. The molecule has 88 valence electrons. The number of thioether (sulfide) groups is 1. The van der Waals surface area contributed by atoms with Gasteiger partial charge in [0.15, 0.2) is 0 Å². The number of rotatable bonds is 4. The third-order valence-corrected chi connectivity index (χ3v) is 2.64. The number of amides is 1. The van der Waals surface area contributed by atoms with Crippen molar-refractivity contribution >= 4 is 23.6 Å². The quantitative estimate of drug-likeness (QED) is 0.803. The van der Waals surface area contributed by atoms with E-state index in [1.165, 1.54) is 11.8 Å². The van der Waals surface area contributed by atoms with Crippen LogP contribution in [0.15, 0.2) is 29.7 Å². The number of aromatic nitrogens is 4. The van der Waals surface area contributed by atoms with Crippen molar-refractivity contribution in [1.82, 2.24) is 20.2 Å². The second-order valence-corrected chi connectivity index (χ2v) is 4.32. The van der Waals surface area contributed by atoms with Gasteiger partial charge in [-0.15, -0.1) is 5.10 Å². The Bertz CT molecular complexity index is 498. The van der Waals surface area contributed by atoms with E-state index in [4.69, 9.17) is 0 Å². The molecule has 2 heterocycles. The minimum atomic E-state index is -0.239. The first-order valence-corrected chi connectivity index (χ1v) is 6.04. The van der Waals surface area contributed by atoms with Gasteiger partial charge in [0.05, 0.1) is 0 Å². The Morgan fingerprint density at radius 3 is 2.94 bits per heavy atom. The summed E-state index contributed by atoms with van der Waals surface area (Å²) in [4.78, 5) is 19.7. The van der Waals surface area contributed by atoms with Crippen molar-refractivity contribution in [2.24, 2.45) is 0 Å². The van der Waals surface area contributed by atoms with Gasteiger partial charge in [0, 0.05) is 18.0 Å². The van der Waals surface area contributed by atoms with E-state index < -0.39 is 0 Å². The molecule has 2 aromatic rings. The largest absolute Gasteiger partial charge is 0.291 e. The standard InChI is InChI=1S/C10H11N5OS/c1-2-17-10-13-9(14-15-10)12-8(16)7-3-5-11-6-4-7/h3-6H,2H2,1H3,(H2,12,13,14,15,16). The molecule has 2 aromatic heterocycles. The number of pyridine rings is 1. The molecule has 0 aliphatic carbocycles. The molecule has 17 heavy (non-hydrogen) atoms. The predicted molar refractivity (Wildman–Crippen MR) is 65.0 cm³/mol. The molecule has 7 heteroatoms. The summed E-state index contributed by atoms with van der Waals surface area (Å²) in [6.07, 6.45) is 3.13. The van der Waals surface area contributed by atoms with Crippen LogP contribution in [-0.4, -0.2) is 31.8 Å². The molecule has 2 rings (SSSR count). The molecule has 1 amide bonds. The van der Waals surface area contributed by atoms with Crippen LogP contribution < -0.4 is 5.32 Å². The normalized spacial score (nSPS) is 10.2. The van der Waals surface area contributed by atoms with Gasteiger partial charge in [-0.2, -0.15) is 4.98 Å². The van der Waals surface area contributed by atoms with Crippen LogP contribution in [0.4, 0.5) is 5.95 Å². The van der Waals surface area contributed by atoms with Crippen molar-refractivity contribution in [1.29, 1.82) is 0 Å². The monoisotopic (exact) mass is 249 g/mol. The van der Waals surface area contributed by atoms with Crippen molar-refractivity contribution in [2.45, 2.75) is 12.1 Å². The van der Waals surface area contributed by atoms with Crippen LogP contribution in [-0.2, 0) is 0 Å². The number of hydrogen-bond acceptors (Lipinski definition) is 5. The number of nitrogens with zero attached hydrogens (tertiary/aromatic N) is 3. The average molecular weight is 249 g/mol. The summed E-state index contributed by atoms with van der Waals surface area (Å²) < 4.78 is 0. The van der Waals surface area contributed by atoms with Crippen molar-refractivity contribution in [3.05, 3.63) is 30.1 Å². The van der Waals surface area contributed by atoms with Gasteiger partial charge in [-0.1, -0.05) is 18.7 Å². The fourth-order valence-electron chi connectivity index (χ4n) is 1.18. The molecule has 0 saturated heterocycles. The summed E-state index contributed by atoms with van der Waals surface area (Å²) >= 11 is 1.50. The zero-order valence-electron chi connectivity index (χ0n) is 9.17. The van der Waals surface area contributed by atoms with Gasteiger partial charge in [0.2, 0.25) is 11.1 Å². The van der Waals surface area contributed by atoms with E-state index in [1.54, 1.807) is 24.5 Å². The summed E-state index contributed by atoms with van der Waals surface area (Å²) in [5.74, 6) is 0.995. The van der Waals surface area contributed by atoms with Gasteiger partial charge in [0.25, 0.3) is 5.91 Å². The molecule has 0 aromatic carbocycles. The summed E-state index contributed by atoms with van der Waals surface area (Å²) in [7, 11) is 0. The minimum Gasteiger partial charge on any atom is -0.291 e. The fourth-order valence-corrected chi connectivity index (χ4v) is 1.70. The van der Waals surface area contributed by atoms with Gasteiger partial charge in [-0.3, -0.25) is 15.1 Å². The second kappa shape index (κ2) is 5.44. The lowest BCUT2D eigenvalue weighted by Crippen LogP contribution is -2.12. The third kappa shape index (κ3) is 3.04. The number of carbonyl (C=O) groups excluding carboxylic acids is 1. The van der Waals surface area contributed by atoms with Crippen LogP contribution in [0.5, 0.6) is 0 Å². The second-order valence-electron chi connectivity index (χ2n) is 3.09. The summed E-state index contributed by atoms with van der Waals surface area (Å²) in [5, 5.41) is 9.86. The Hall–Kier alpha value is -1.89. The molecule has 2 N–H and O–H groups in total. The molecule has 0 unspecified atom stereocenters. The number of H-pyrrole nitrogens is 1. The Morgan fingerprint density at radius 2 is 2.24 bits per heavy atom. The van der Waals surface area contributed by atoms with Crippen LogP contribution in [0.25, 0.3) is 0 Å². The molecular weight excluding hydrogens is 238 g/mol. The van der Waals surface area contributed by atoms with Crippen LogP contribution in [0.1, 0.15) is 17.3 Å². The topological polar surface area (TPSA) is 83.6 Å². The lowest BCUT2D eigenvalue weighted by atomic mass is 10.2. The molecule has 0 bridgehead atoms. The van der Waals surface area contributed by atoms with Crippen LogP contribution in [0, 0.1) is 0 Å². The highest BCUT2D eigenvalue weighted by molar-refractivity contribution is 7.99. The molecule has 0 aliphatic rings. The van der Waals surface area contributed by atoms with Gasteiger partial charge >= 0.3 is 0 Å². The maximum atomic E-state index is 11.7. The maximum absolute atomic E-state index is 11.7. The summed E-state index contributed by atoms with van der Waals surface area (Å²) in [6.45, 7) is 2.01. The first-order valence-electron chi connectivity index (χ1n) is 5.06. The molecule has 0 spiro atoms. The van der Waals surface area contributed by atoms with E-state index >= 15 is 0 Å². The van der Waals surface area contributed by atoms with E-state index in [2.05, 4.69) is 25.5 Å². The smallest absolute Gasteiger partial charge is 0.258 e. The van der Waals surface area contributed by atoms with E-state index in [-0.39, 0.29) is 5.91 Å². The van der Waals surface area contributed by atoms with E-state index in [0.717, 1.165) is 5.75 Å². The fraction of sp³-hybridized carbons (Fsp3) is 0.200. The number of hydrogen-bond donors (Lipinski definition) is 2. The van der Waals surface area contributed by atoms with Crippen molar-refractivity contribution in [2.75, 3.05) is 11.1 Å². The molecular formula is C10H11N5OS. The lowest BCUT2D eigenvalue weighted by Gasteiger charge is -1.99. The zero-order valence-corrected chi connectivity index (χ0v) is 9.99. The number of anilines is 1. The number of nitrogens with one attached hydrogen (secondary N) is 2. The van der Waals surface area contributed by atoms with Gasteiger partial charge < -0.3 is 0 Å². The van der Waals surface area contributed by atoms with Crippen LogP contribution in [0.2, 0.25) is 0 Å².